The Morgan fingerprint density at radius 2 is 1.96 bits per heavy atom. The lowest BCUT2D eigenvalue weighted by Gasteiger charge is -2.32. The van der Waals surface area contributed by atoms with Crippen LogP contribution in [0.1, 0.15) is 59.1 Å². The predicted molar refractivity (Wildman–Crippen MR) is 95.1 cm³/mol. The number of aromatic nitrogens is 3. The smallest absolute Gasteiger partial charge is 0.259 e. The molecule has 1 aliphatic heterocycles. The second-order valence-electron chi connectivity index (χ2n) is 7.51. The number of amides is 1. The molecule has 1 saturated carbocycles. The summed E-state index contributed by atoms with van der Waals surface area (Å²) in [5.41, 5.74) is 2.20. The molecule has 1 amide bonds. The van der Waals surface area contributed by atoms with Gasteiger partial charge in [-0.05, 0) is 45.4 Å². The molecular weight excluding hydrogens is 332 g/mol. The van der Waals surface area contributed by atoms with Gasteiger partial charge in [0.05, 0.1) is 17.7 Å². The van der Waals surface area contributed by atoms with Crippen molar-refractivity contribution in [1.82, 2.24) is 19.6 Å². The van der Waals surface area contributed by atoms with Crippen LogP contribution in [-0.4, -0.2) is 38.6 Å². The number of carbonyl (C=O) groups is 1. The number of nitrogens with zero attached hydrogens (tertiary/aromatic N) is 4. The van der Waals surface area contributed by atoms with Crippen molar-refractivity contribution in [3.05, 3.63) is 45.5 Å². The molecule has 0 unspecified atom stereocenters. The van der Waals surface area contributed by atoms with Crippen LogP contribution in [0.4, 0.5) is 0 Å². The summed E-state index contributed by atoms with van der Waals surface area (Å²) < 4.78 is 6.82. The molecular formula is C19H24N4O3. The lowest BCUT2D eigenvalue weighted by Crippen LogP contribution is -2.40. The summed E-state index contributed by atoms with van der Waals surface area (Å²) >= 11 is 0. The summed E-state index contributed by atoms with van der Waals surface area (Å²) in [4.78, 5) is 31.3. The Labute approximate surface area is 152 Å². The van der Waals surface area contributed by atoms with Gasteiger partial charge in [0, 0.05) is 31.6 Å². The molecule has 2 aromatic rings. The molecule has 0 radical (unpaired) electrons. The van der Waals surface area contributed by atoms with Crippen molar-refractivity contribution in [3.63, 3.8) is 0 Å². The molecule has 26 heavy (non-hydrogen) atoms. The molecule has 7 nitrogen and oxygen atoms in total. The zero-order valence-corrected chi connectivity index (χ0v) is 15.3. The Hall–Kier alpha value is -2.44. The molecule has 0 atom stereocenters. The van der Waals surface area contributed by atoms with Crippen LogP contribution in [0.2, 0.25) is 0 Å². The summed E-state index contributed by atoms with van der Waals surface area (Å²) in [5, 5.41) is 3.87. The monoisotopic (exact) mass is 356 g/mol. The summed E-state index contributed by atoms with van der Waals surface area (Å²) in [6.07, 6.45) is 5.75. The van der Waals surface area contributed by atoms with E-state index in [9.17, 15) is 9.59 Å². The molecule has 1 aliphatic carbocycles. The van der Waals surface area contributed by atoms with E-state index in [1.165, 1.54) is 0 Å². The normalized spacial score (nSPS) is 18.3. The summed E-state index contributed by atoms with van der Waals surface area (Å²) in [5.74, 6) is 1.45. The van der Waals surface area contributed by atoms with Crippen molar-refractivity contribution in [3.8, 4) is 0 Å². The third-order valence-corrected chi connectivity index (χ3v) is 5.50. The average molecular weight is 356 g/mol. The largest absolute Gasteiger partial charge is 0.361 e. The Morgan fingerprint density at radius 1 is 1.23 bits per heavy atom. The predicted octanol–water partition coefficient (Wildman–Crippen LogP) is 2.28. The quantitative estimate of drug-likeness (QED) is 0.839. The topological polar surface area (TPSA) is 81.2 Å². The van der Waals surface area contributed by atoms with Gasteiger partial charge in [-0.15, -0.1) is 0 Å². The molecule has 2 aliphatic rings. The maximum Gasteiger partial charge on any atom is 0.259 e. The van der Waals surface area contributed by atoms with Crippen LogP contribution in [0.3, 0.4) is 0 Å². The van der Waals surface area contributed by atoms with Gasteiger partial charge in [0.2, 0.25) is 0 Å². The molecule has 2 fully saturated rings. The Morgan fingerprint density at radius 3 is 2.54 bits per heavy atom. The van der Waals surface area contributed by atoms with Crippen LogP contribution in [0, 0.1) is 19.8 Å². The average Bonchev–Trinajstić information content (AvgIpc) is 3.42. The highest BCUT2D eigenvalue weighted by Gasteiger charge is 2.28. The number of carbonyl (C=O) groups excluding carboxylic acids is 1. The van der Waals surface area contributed by atoms with Crippen molar-refractivity contribution in [2.45, 2.75) is 52.0 Å². The maximum atomic E-state index is 12.7. The van der Waals surface area contributed by atoms with Crippen LogP contribution in [-0.2, 0) is 6.54 Å². The SMILES string of the molecule is Cc1noc(C)c1C(=O)N1CCC(Cn2cnc(C3CC3)cc2=O)CC1. The third kappa shape index (κ3) is 3.30. The van der Waals surface area contributed by atoms with Crippen LogP contribution < -0.4 is 5.56 Å². The first-order chi connectivity index (χ1) is 12.5. The fourth-order valence-electron chi connectivity index (χ4n) is 3.72. The van der Waals surface area contributed by atoms with Crippen LogP contribution in [0.25, 0.3) is 0 Å². The van der Waals surface area contributed by atoms with E-state index < -0.39 is 0 Å². The number of aryl methyl sites for hydroxylation is 2. The third-order valence-electron chi connectivity index (χ3n) is 5.50. The molecule has 0 bridgehead atoms. The molecule has 7 heteroatoms. The van der Waals surface area contributed by atoms with E-state index in [1.807, 2.05) is 4.90 Å². The lowest BCUT2D eigenvalue weighted by atomic mass is 9.96. The minimum absolute atomic E-state index is 0.00711. The van der Waals surface area contributed by atoms with E-state index in [4.69, 9.17) is 4.52 Å². The first kappa shape index (κ1) is 17.0. The number of hydrogen-bond donors (Lipinski definition) is 0. The maximum absolute atomic E-state index is 12.7. The minimum atomic E-state index is -0.00711. The zero-order chi connectivity index (χ0) is 18.3. The van der Waals surface area contributed by atoms with Gasteiger partial charge in [0.1, 0.15) is 11.3 Å². The van der Waals surface area contributed by atoms with Crippen LogP contribution in [0.15, 0.2) is 21.7 Å². The van der Waals surface area contributed by atoms with E-state index >= 15 is 0 Å². The summed E-state index contributed by atoms with van der Waals surface area (Å²) in [6, 6.07) is 1.69. The first-order valence-electron chi connectivity index (χ1n) is 9.31. The van der Waals surface area contributed by atoms with E-state index in [1.54, 1.807) is 30.8 Å². The highest BCUT2D eigenvalue weighted by atomic mass is 16.5. The molecule has 0 aromatic carbocycles. The van der Waals surface area contributed by atoms with E-state index in [2.05, 4.69) is 10.1 Å². The number of piperidine rings is 1. The Balaban J connectivity index is 1.36. The standard InChI is InChI=1S/C19H24N4O3/c1-12-18(13(2)26-21-12)19(25)22-7-5-14(6-8-22)10-23-11-20-16(9-17(23)24)15-3-4-15/h9,11,14-15H,3-8,10H2,1-2H3. The first-order valence-corrected chi connectivity index (χ1v) is 9.31. The number of rotatable bonds is 4. The second-order valence-corrected chi connectivity index (χ2v) is 7.51. The Kier molecular flexibility index (Phi) is 4.38. The van der Waals surface area contributed by atoms with Crippen LogP contribution in [0.5, 0.6) is 0 Å². The van der Waals surface area contributed by atoms with E-state index in [0.717, 1.165) is 31.4 Å². The molecule has 2 aromatic heterocycles. The molecule has 0 N–H and O–H groups in total. The van der Waals surface area contributed by atoms with E-state index in [0.29, 0.717) is 48.5 Å². The summed E-state index contributed by atoms with van der Waals surface area (Å²) in [6.45, 7) is 5.61. The van der Waals surface area contributed by atoms with E-state index in [-0.39, 0.29) is 11.5 Å². The lowest BCUT2D eigenvalue weighted by molar-refractivity contribution is 0.0680. The van der Waals surface area contributed by atoms with Gasteiger partial charge in [-0.3, -0.25) is 14.2 Å². The fraction of sp³-hybridized carbons (Fsp3) is 0.579. The van der Waals surface area contributed by atoms with Gasteiger partial charge in [0.15, 0.2) is 0 Å². The van der Waals surface area contributed by atoms with Gasteiger partial charge in [-0.25, -0.2) is 4.98 Å². The van der Waals surface area contributed by atoms with Crippen molar-refractivity contribution in [2.75, 3.05) is 13.1 Å². The molecule has 3 heterocycles. The van der Waals surface area contributed by atoms with Gasteiger partial charge >= 0.3 is 0 Å². The zero-order valence-electron chi connectivity index (χ0n) is 15.3. The van der Waals surface area contributed by atoms with Crippen molar-refractivity contribution >= 4 is 5.91 Å². The number of hydrogen-bond acceptors (Lipinski definition) is 5. The fourth-order valence-corrected chi connectivity index (χ4v) is 3.72. The highest BCUT2D eigenvalue weighted by Crippen LogP contribution is 2.38. The van der Waals surface area contributed by atoms with Crippen molar-refractivity contribution in [1.29, 1.82) is 0 Å². The molecule has 4 rings (SSSR count). The van der Waals surface area contributed by atoms with Gasteiger partial charge < -0.3 is 9.42 Å². The molecule has 1 saturated heterocycles. The molecule has 138 valence electrons. The van der Waals surface area contributed by atoms with Gasteiger partial charge in [-0.1, -0.05) is 5.16 Å². The molecule has 0 spiro atoms. The second kappa shape index (κ2) is 6.70. The van der Waals surface area contributed by atoms with Gasteiger partial charge in [-0.2, -0.15) is 0 Å². The van der Waals surface area contributed by atoms with Crippen molar-refractivity contribution in [2.24, 2.45) is 5.92 Å². The van der Waals surface area contributed by atoms with Gasteiger partial charge in [0.25, 0.3) is 11.5 Å². The number of likely N-dealkylation sites (tertiary alicyclic amines) is 1. The highest BCUT2D eigenvalue weighted by molar-refractivity contribution is 5.96. The van der Waals surface area contributed by atoms with Crippen molar-refractivity contribution < 1.29 is 9.32 Å². The Bertz CT molecular complexity index is 854. The van der Waals surface area contributed by atoms with Crippen LogP contribution >= 0.6 is 0 Å². The minimum Gasteiger partial charge on any atom is -0.361 e. The summed E-state index contributed by atoms with van der Waals surface area (Å²) in [7, 11) is 0.